The van der Waals surface area contributed by atoms with E-state index in [1.165, 1.54) is 22.7 Å². The maximum Gasteiger partial charge on any atom is 0.270 e. The first-order chi connectivity index (χ1) is 12.5. The average Bonchev–Trinajstić information content (AvgIpc) is 3.23. The first kappa shape index (κ1) is 22.1. The van der Waals surface area contributed by atoms with E-state index in [1.54, 1.807) is 12.0 Å². The number of halogens is 2. The fourth-order valence-electron chi connectivity index (χ4n) is 2.53. The Hall–Kier alpha value is -1.19. The lowest BCUT2D eigenvalue weighted by Crippen LogP contribution is -2.32. The van der Waals surface area contributed by atoms with Gasteiger partial charge < -0.3 is 9.64 Å². The molecule has 2 heterocycles. The number of carbonyl (C=O) groups is 1. The number of amides is 1. The molecule has 0 spiro atoms. The second kappa shape index (κ2) is 9.84. The minimum Gasteiger partial charge on any atom is -0.497 e. The molecule has 3 rings (SSSR count). The number of nitrogens with zero attached hydrogens (tertiary/aromatic N) is 3. The Morgan fingerprint density at radius 2 is 1.96 bits per heavy atom. The number of hydrogen-bond donors (Lipinski definition) is 0. The number of fused-ring (bicyclic) bond motifs is 1. The number of benzene rings is 1. The highest BCUT2D eigenvalue weighted by atomic mass is 79.9. The molecule has 1 amide bonds. The predicted molar refractivity (Wildman–Crippen MR) is 120 cm³/mol. The number of aromatic nitrogens is 1. The topological polar surface area (TPSA) is 45.7 Å². The van der Waals surface area contributed by atoms with Gasteiger partial charge in [-0.2, -0.15) is 0 Å². The minimum atomic E-state index is -0.00882. The summed E-state index contributed by atoms with van der Waals surface area (Å²) in [5.41, 5.74) is 0.849. The standard InChI is InChI=1S/C18H20BrN3O2S2.ClH/c1-21(2)9-4-10-22(17(23)15-7-8-16(19)25-15)18-20-13-11-12(24-3)5-6-14(13)26-18;/h5-8,11H,4,9-10H2,1-3H3;1H. The summed E-state index contributed by atoms with van der Waals surface area (Å²) in [4.78, 5) is 22.4. The number of anilines is 1. The number of hydrogen-bond acceptors (Lipinski definition) is 6. The number of thiazole rings is 1. The molecule has 0 aliphatic carbocycles. The molecular weight excluding hydrogens is 470 g/mol. The Bertz CT molecular complexity index is 913. The SMILES string of the molecule is COc1ccc2sc(N(CCCN(C)C)C(=O)c3ccc(Br)s3)nc2c1.Cl. The summed E-state index contributed by atoms with van der Waals surface area (Å²) in [5.74, 6) is 0.757. The van der Waals surface area contributed by atoms with Crippen molar-refractivity contribution in [1.82, 2.24) is 9.88 Å². The Balaban J connectivity index is 0.00000261. The lowest BCUT2D eigenvalue weighted by atomic mass is 10.3. The molecule has 9 heteroatoms. The van der Waals surface area contributed by atoms with Crippen molar-refractivity contribution in [3.63, 3.8) is 0 Å². The fraction of sp³-hybridized carbons (Fsp3) is 0.333. The Morgan fingerprint density at radius 3 is 2.59 bits per heavy atom. The van der Waals surface area contributed by atoms with Crippen LogP contribution in [0.4, 0.5) is 5.13 Å². The molecule has 0 bridgehead atoms. The number of methoxy groups -OCH3 is 1. The van der Waals surface area contributed by atoms with Crippen LogP contribution in [0.3, 0.4) is 0 Å². The molecule has 0 aliphatic rings. The number of thiophene rings is 1. The van der Waals surface area contributed by atoms with Gasteiger partial charge in [0.1, 0.15) is 5.75 Å². The van der Waals surface area contributed by atoms with Crippen LogP contribution < -0.4 is 9.64 Å². The first-order valence-corrected chi connectivity index (χ1v) is 10.6. The van der Waals surface area contributed by atoms with Gasteiger partial charge in [0.15, 0.2) is 5.13 Å². The maximum atomic E-state index is 13.1. The lowest BCUT2D eigenvalue weighted by Gasteiger charge is -2.20. The van der Waals surface area contributed by atoms with E-state index in [2.05, 4.69) is 20.8 Å². The molecule has 0 fully saturated rings. The Kier molecular flexibility index (Phi) is 8.05. The molecular formula is C18H21BrClN3O2S2. The van der Waals surface area contributed by atoms with Gasteiger partial charge in [0.25, 0.3) is 5.91 Å². The average molecular weight is 491 g/mol. The molecule has 27 heavy (non-hydrogen) atoms. The van der Waals surface area contributed by atoms with Gasteiger partial charge in [-0.3, -0.25) is 9.69 Å². The van der Waals surface area contributed by atoms with E-state index in [-0.39, 0.29) is 18.3 Å². The lowest BCUT2D eigenvalue weighted by molar-refractivity contribution is 0.0990. The molecule has 0 atom stereocenters. The van der Waals surface area contributed by atoms with Crippen LogP contribution in [0.15, 0.2) is 34.1 Å². The minimum absolute atomic E-state index is 0. The third-order valence-electron chi connectivity index (χ3n) is 3.83. The van der Waals surface area contributed by atoms with Crippen molar-refractivity contribution in [1.29, 1.82) is 0 Å². The van der Waals surface area contributed by atoms with Gasteiger partial charge in [-0.25, -0.2) is 4.98 Å². The van der Waals surface area contributed by atoms with E-state index >= 15 is 0 Å². The first-order valence-electron chi connectivity index (χ1n) is 8.14. The van der Waals surface area contributed by atoms with Gasteiger partial charge in [0.05, 0.1) is 26.0 Å². The van der Waals surface area contributed by atoms with E-state index in [4.69, 9.17) is 9.72 Å². The van der Waals surface area contributed by atoms with E-state index in [0.29, 0.717) is 11.4 Å². The van der Waals surface area contributed by atoms with Crippen molar-refractivity contribution in [2.75, 3.05) is 39.2 Å². The molecule has 0 saturated carbocycles. The predicted octanol–water partition coefficient (Wildman–Crippen LogP) is 5.15. The summed E-state index contributed by atoms with van der Waals surface area (Å²) in [7, 11) is 5.71. The zero-order valence-corrected chi connectivity index (χ0v) is 19.3. The highest BCUT2D eigenvalue weighted by Crippen LogP contribution is 2.33. The van der Waals surface area contributed by atoms with Gasteiger partial charge in [0, 0.05) is 12.6 Å². The van der Waals surface area contributed by atoms with Crippen LogP contribution >= 0.6 is 51.0 Å². The molecule has 0 aliphatic heterocycles. The summed E-state index contributed by atoms with van der Waals surface area (Å²) in [6.45, 7) is 1.54. The van der Waals surface area contributed by atoms with Gasteiger partial charge in [-0.05, 0) is 67.3 Å². The Morgan fingerprint density at radius 1 is 1.19 bits per heavy atom. The molecule has 0 unspecified atom stereocenters. The molecule has 146 valence electrons. The molecule has 0 radical (unpaired) electrons. The van der Waals surface area contributed by atoms with Crippen molar-refractivity contribution in [3.8, 4) is 5.75 Å². The van der Waals surface area contributed by atoms with Crippen molar-refractivity contribution in [2.24, 2.45) is 0 Å². The second-order valence-electron chi connectivity index (χ2n) is 6.05. The van der Waals surface area contributed by atoms with E-state index < -0.39 is 0 Å². The van der Waals surface area contributed by atoms with Gasteiger partial charge in [-0.15, -0.1) is 23.7 Å². The van der Waals surface area contributed by atoms with Crippen LogP contribution in [0.5, 0.6) is 5.75 Å². The molecule has 0 N–H and O–H groups in total. The monoisotopic (exact) mass is 489 g/mol. The fourth-order valence-corrected chi connectivity index (χ4v) is 4.83. The highest BCUT2D eigenvalue weighted by molar-refractivity contribution is 9.11. The van der Waals surface area contributed by atoms with E-state index in [0.717, 1.165) is 37.8 Å². The quantitative estimate of drug-likeness (QED) is 0.459. The molecule has 0 saturated heterocycles. The summed E-state index contributed by atoms with van der Waals surface area (Å²) in [5, 5.41) is 0.724. The molecule has 1 aromatic carbocycles. The summed E-state index contributed by atoms with van der Waals surface area (Å²) < 4.78 is 7.27. The Labute approximate surface area is 181 Å². The highest BCUT2D eigenvalue weighted by Gasteiger charge is 2.22. The third-order valence-corrected chi connectivity index (χ3v) is 6.50. The van der Waals surface area contributed by atoms with Crippen molar-refractivity contribution >= 4 is 72.3 Å². The number of ether oxygens (including phenoxy) is 1. The van der Waals surface area contributed by atoms with Crippen LogP contribution in [-0.4, -0.2) is 50.1 Å². The van der Waals surface area contributed by atoms with Gasteiger partial charge in [-0.1, -0.05) is 11.3 Å². The van der Waals surface area contributed by atoms with E-state index in [1.807, 2.05) is 44.4 Å². The number of carbonyl (C=O) groups excluding carboxylic acids is 1. The van der Waals surface area contributed by atoms with Crippen LogP contribution in [0, 0.1) is 0 Å². The van der Waals surface area contributed by atoms with Crippen molar-refractivity contribution in [3.05, 3.63) is 39.0 Å². The zero-order valence-electron chi connectivity index (χ0n) is 15.3. The van der Waals surface area contributed by atoms with Crippen molar-refractivity contribution < 1.29 is 9.53 Å². The van der Waals surface area contributed by atoms with Gasteiger partial charge >= 0.3 is 0 Å². The summed E-state index contributed by atoms with van der Waals surface area (Å²) in [6.07, 6.45) is 0.879. The van der Waals surface area contributed by atoms with E-state index in [9.17, 15) is 4.79 Å². The van der Waals surface area contributed by atoms with Gasteiger partial charge in [0.2, 0.25) is 0 Å². The molecule has 3 aromatic rings. The van der Waals surface area contributed by atoms with Crippen LogP contribution in [0.25, 0.3) is 10.2 Å². The second-order valence-corrected chi connectivity index (χ2v) is 9.52. The van der Waals surface area contributed by atoms with Crippen molar-refractivity contribution in [2.45, 2.75) is 6.42 Å². The zero-order chi connectivity index (χ0) is 18.7. The van der Waals surface area contributed by atoms with Crippen LogP contribution in [0.1, 0.15) is 16.1 Å². The smallest absolute Gasteiger partial charge is 0.270 e. The summed E-state index contributed by atoms with van der Waals surface area (Å²) in [6, 6.07) is 9.56. The molecule has 5 nitrogen and oxygen atoms in total. The summed E-state index contributed by atoms with van der Waals surface area (Å²) >= 11 is 6.41. The molecule has 2 aromatic heterocycles. The van der Waals surface area contributed by atoms with Crippen LogP contribution in [-0.2, 0) is 0 Å². The maximum absolute atomic E-state index is 13.1. The third kappa shape index (κ3) is 5.42. The largest absolute Gasteiger partial charge is 0.497 e. The van der Waals surface area contributed by atoms with Crippen LogP contribution in [0.2, 0.25) is 0 Å². The number of rotatable bonds is 7. The normalized spacial score (nSPS) is 10.9.